The summed E-state index contributed by atoms with van der Waals surface area (Å²) in [5, 5.41) is 13.1. The maximum absolute atomic E-state index is 13.3. The van der Waals surface area contributed by atoms with Crippen LogP contribution in [-0.4, -0.2) is 21.8 Å². The molecule has 3 heterocycles. The minimum atomic E-state index is -0.786. The number of benzene rings is 1. The summed E-state index contributed by atoms with van der Waals surface area (Å²) in [7, 11) is 0. The van der Waals surface area contributed by atoms with E-state index < -0.39 is 23.5 Å². The van der Waals surface area contributed by atoms with Crippen LogP contribution in [0.15, 0.2) is 47.4 Å². The molecule has 1 aromatic carbocycles. The number of aliphatic hydroxyl groups excluding tert-OH is 1. The number of carbonyl (C=O) groups excluding carboxylic acids is 2. The third-order valence-electron chi connectivity index (χ3n) is 4.60. The number of thiazole rings is 1. The number of aliphatic hydroxyl groups is 1. The molecule has 0 saturated carbocycles. The van der Waals surface area contributed by atoms with Crippen LogP contribution >= 0.6 is 22.7 Å². The quantitative estimate of drug-likeness (QED) is 0.387. The van der Waals surface area contributed by atoms with E-state index in [0.29, 0.717) is 5.13 Å². The van der Waals surface area contributed by atoms with Crippen molar-refractivity contribution in [3.63, 3.8) is 0 Å². The van der Waals surface area contributed by atoms with E-state index in [9.17, 15) is 19.1 Å². The molecule has 3 aromatic rings. The summed E-state index contributed by atoms with van der Waals surface area (Å²) in [5.74, 6) is -2.31. The van der Waals surface area contributed by atoms with Crippen molar-refractivity contribution in [3.8, 4) is 0 Å². The highest BCUT2D eigenvalue weighted by molar-refractivity contribution is 7.16. The second kappa shape index (κ2) is 6.96. The molecule has 142 valence electrons. The molecule has 1 aliphatic rings. The van der Waals surface area contributed by atoms with E-state index in [2.05, 4.69) is 4.98 Å². The zero-order chi connectivity index (χ0) is 20.0. The summed E-state index contributed by atoms with van der Waals surface area (Å²) in [6.07, 6.45) is 0. The van der Waals surface area contributed by atoms with Gasteiger partial charge in [-0.1, -0.05) is 6.07 Å². The van der Waals surface area contributed by atoms with Gasteiger partial charge < -0.3 is 5.11 Å². The topological polar surface area (TPSA) is 70.5 Å². The Hall–Kier alpha value is -2.84. The van der Waals surface area contributed by atoms with Gasteiger partial charge in [0, 0.05) is 15.3 Å². The van der Waals surface area contributed by atoms with Gasteiger partial charge in [0.1, 0.15) is 17.6 Å². The lowest BCUT2D eigenvalue weighted by atomic mass is 10.00. The molecule has 2 aromatic heterocycles. The molecule has 28 heavy (non-hydrogen) atoms. The predicted molar refractivity (Wildman–Crippen MR) is 107 cm³/mol. The molecule has 0 bridgehead atoms. The monoisotopic (exact) mass is 414 g/mol. The summed E-state index contributed by atoms with van der Waals surface area (Å²) in [6.45, 7) is 3.73. The maximum Gasteiger partial charge on any atom is 0.301 e. The van der Waals surface area contributed by atoms with E-state index in [0.717, 1.165) is 15.4 Å². The molecule has 1 amide bonds. The van der Waals surface area contributed by atoms with Crippen molar-refractivity contribution in [3.05, 3.63) is 74.2 Å². The zero-order valence-corrected chi connectivity index (χ0v) is 16.6. The number of ketones is 1. The number of hydrogen-bond acceptors (Lipinski definition) is 6. The predicted octanol–water partition coefficient (Wildman–Crippen LogP) is 4.59. The average Bonchev–Trinajstić information content (AvgIpc) is 3.36. The van der Waals surface area contributed by atoms with Gasteiger partial charge in [-0.05, 0) is 49.6 Å². The van der Waals surface area contributed by atoms with E-state index in [1.807, 2.05) is 25.3 Å². The normalized spacial score (nSPS) is 18.8. The van der Waals surface area contributed by atoms with Crippen molar-refractivity contribution >= 4 is 45.3 Å². The molecule has 1 unspecified atom stereocenters. The lowest BCUT2D eigenvalue weighted by molar-refractivity contribution is -0.132. The lowest BCUT2D eigenvalue weighted by Crippen LogP contribution is -2.29. The van der Waals surface area contributed by atoms with E-state index in [1.54, 1.807) is 6.07 Å². The molecule has 0 aliphatic carbocycles. The number of halogens is 1. The zero-order valence-electron chi connectivity index (χ0n) is 15.0. The first-order valence-corrected chi connectivity index (χ1v) is 10.1. The van der Waals surface area contributed by atoms with Crippen molar-refractivity contribution in [2.45, 2.75) is 19.9 Å². The number of aryl methyl sites for hydroxylation is 2. The number of rotatable bonds is 3. The van der Waals surface area contributed by atoms with Crippen LogP contribution in [0, 0.1) is 19.7 Å². The Morgan fingerprint density at radius 3 is 2.46 bits per heavy atom. The average molecular weight is 414 g/mol. The number of thiophene rings is 1. The van der Waals surface area contributed by atoms with Crippen LogP contribution in [0.25, 0.3) is 5.76 Å². The fourth-order valence-corrected chi connectivity index (χ4v) is 4.83. The van der Waals surface area contributed by atoms with Crippen LogP contribution in [-0.2, 0) is 9.59 Å². The minimum absolute atomic E-state index is 0.0236. The standard InChI is InChI=1S/C20H15FN2O3S2/c1-10-11(2)28-20(22-10)23-16(14-4-3-9-27-14)15(18(25)19(23)26)17(24)12-5-7-13(21)8-6-12/h3-9,16,24H,1-2H3. The van der Waals surface area contributed by atoms with Crippen LogP contribution in [0.2, 0.25) is 0 Å². The SMILES string of the molecule is Cc1nc(N2C(=O)C(=O)C(=C(O)c3ccc(F)cc3)C2c2cccs2)sc1C. The van der Waals surface area contributed by atoms with Crippen LogP contribution < -0.4 is 4.90 Å². The second-order valence-corrected chi connectivity index (χ2v) is 8.49. The molecule has 8 heteroatoms. The summed E-state index contributed by atoms with van der Waals surface area (Å²) in [4.78, 5) is 33.2. The van der Waals surface area contributed by atoms with Crippen molar-refractivity contribution in [1.29, 1.82) is 0 Å². The third kappa shape index (κ3) is 2.94. The first-order valence-electron chi connectivity index (χ1n) is 8.43. The second-order valence-electron chi connectivity index (χ2n) is 6.33. The Morgan fingerprint density at radius 1 is 1.18 bits per heavy atom. The molecule has 1 atom stereocenters. The fourth-order valence-electron chi connectivity index (χ4n) is 3.07. The molecular weight excluding hydrogens is 399 g/mol. The van der Waals surface area contributed by atoms with Gasteiger partial charge in [-0.3, -0.25) is 14.5 Å². The Kier molecular flexibility index (Phi) is 4.60. The highest BCUT2D eigenvalue weighted by atomic mass is 32.1. The number of anilines is 1. The van der Waals surface area contributed by atoms with Gasteiger partial charge in [-0.15, -0.1) is 22.7 Å². The summed E-state index contributed by atoms with van der Waals surface area (Å²) in [6, 6.07) is 7.98. The number of aromatic nitrogens is 1. The largest absolute Gasteiger partial charge is 0.507 e. The van der Waals surface area contributed by atoms with Crippen molar-refractivity contribution < 1.29 is 19.1 Å². The van der Waals surface area contributed by atoms with E-state index in [-0.39, 0.29) is 16.9 Å². The fraction of sp³-hybridized carbons (Fsp3) is 0.150. The van der Waals surface area contributed by atoms with E-state index >= 15 is 0 Å². The Labute approximate surface area is 168 Å². The third-order valence-corrected chi connectivity index (χ3v) is 6.59. The summed E-state index contributed by atoms with van der Waals surface area (Å²) >= 11 is 2.70. The number of nitrogens with zero attached hydrogens (tertiary/aromatic N) is 2. The van der Waals surface area contributed by atoms with Crippen LogP contribution in [0.3, 0.4) is 0 Å². The van der Waals surface area contributed by atoms with Crippen molar-refractivity contribution in [1.82, 2.24) is 4.98 Å². The number of Topliss-reactive ketones (excluding diaryl/α,β-unsaturated/α-hetero) is 1. The van der Waals surface area contributed by atoms with Gasteiger partial charge >= 0.3 is 5.91 Å². The first-order chi connectivity index (χ1) is 13.4. The molecule has 1 aliphatic heterocycles. The highest BCUT2D eigenvalue weighted by Crippen LogP contribution is 2.44. The molecule has 1 N–H and O–H groups in total. The smallest absolute Gasteiger partial charge is 0.301 e. The van der Waals surface area contributed by atoms with Crippen LogP contribution in [0.4, 0.5) is 9.52 Å². The van der Waals surface area contributed by atoms with E-state index in [1.165, 1.54) is 51.8 Å². The number of hydrogen-bond donors (Lipinski definition) is 1. The number of carbonyl (C=O) groups is 2. The summed E-state index contributed by atoms with van der Waals surface area (Å²) in [5.41, 5.74) is 1.03. The van der Waals surface area contributed by atoms with Gasteiger partial charge in [0.15, 0.2) is 5.13 Å². The van der Waals surface area contributed by atoms with Gasteiger partial charge in [-0.25, -0.2) is 9.37 Å². The first kappa shape index (κ1) is 18.5. The van der Waals surface area contributed by atoms with E-state index in [4.69, 9.17) is 0 Å². The molecule has 0 radical (unpaired) electrons. The molecule has 5 nitrogen and oxygen atoms in total. The Balaban J connectivity index is 1.92. The van der Waals surface area contributed by atoms with Crippen molar-refractivity contribution in [2.24, 2.45) is 0 Å². The van der Waals surface area contributed by atoms with Gasteiger partial charge in [0.25, 0.3) is 5.78 Å². The van der Waals surface area contributed by atoms with Crippen LogP contribution in [0.5, 0.6) is 0 Å². The van der Waals surface area contributed by atoms with Gasteiger partial charge in [-0.2, -0.15) is 0 Å². The van der Waals surface area contributed by atoms with Gasteiger partial charge in [0.2, 0.25) is 0 Å². The van der Waals surface area contributed by atoms with Crippen molar-refractivity contribution in [2.75, 3.05) is 4.90 Å². The highest BCUT2D eigenvalue weighted by Gasteiger charge is 2.48. The number of amides is 1. The maximum atomic E-state index is 13.3. The van der Waals surface area contributed by atoms with Gasteiger partial charge in [0.05, 0.1) is 11.3 Å². The Bertz CT molecular complexity index is 1080. The molecule has 1 saturated heterocycles. The molecule has 0 spiro atoms. The molecule has 4 rings (SSSR count). The van der Waals surface area contributed by atoms with Crippen LogP contribution in [0.1, 0.15) is 27.1 Å². The lowest BCUT2D eigenvalue weighted by Gasteiger charge is -2.21. The minimum Gasteiger partial charge on any atom is -0.507 e. The Morgan fingerprint density at radius 2 is 1.89 bits per heavy atom. The molecule has 1 fully saturated rings. The summed E-state index contributed by atoms with van der Waals surface area (Å²) < 4.78 is 13.3. The molecular formula is C20H15FN2O3S2.